The Labute approximate surface area is 213 Å². The molecular formula is C28H37BFNO5. The molecule has 194 valence electrons. The lowest BCUT2D eigenvalue weighted by atomic mass is 9.78. The molecule has 2 heterocycles. The van der Waals surface area contributed by atoms with Gasteiger partial charge in [-0.2, -0.15) is 0 Å². The quantitative estimate of drug-likeness (QED) is 0.564. The number of carbonyl (C=O) groups is 1. The number of ether oxygens (including phenoxy) is 1. The van der Waals surface area contributed by atoms with Gasteiger partial charge in [-0.15, -0.1) is 0 Å². The van der Waals surface area contributed by atoms with Gasteiger partial charge in [0.2, 0.25) is 0 Å². The van der Waals surface area contributed by atoms with Gasteiger partial charge in [-0.1, -0.05) is 42.5 Å². The highest BCUT2D eigenvalue weighted by atomic mass is 19.1. The number of hydrogen-bond acceptors (Lipinski definition) is 5. The number of amides is 1. The number of halogens is 1. The summed E-state index contributed by atoms with van der Waals surface area (Å²) in [5.74, 6) is -0.450. The lowest BCUT2D eigenvalue weighted by Gasteiger charge is -2.45. The van der Waals surface area contributed by atoms with Crippen LogP contribution in [-0.4, -0.2) is 46.6 Å². The van der Waals surface area contributed by atoms with Gasteiger partial charge >= 0.3 is 13.2 Å². The molecule has 0 aliphatic carbocycles. The van der Waals surface area contributed by atoms with Crippen LogP contribution in [0.3, 0.4) is 0 Å². The third-order valence-corrected chi connectivity index (χ3v) is 7.77. The maximum atomic E-state index is 14.8. The lowest BCUT2D eigenvalue weighted by Crippen LogP contribution is -2.51. The van der Waals surface area contributed by atoms with E-state index in [1.54, 1.807) is 36.9 Å². The zero-order valence-electron chi connectivity index (χ0n) is 22.3. The van der Waals surface area contributed by atoms with Crippen molar-refractivity contribution in [2.75, 3.05) is 6.54 Å². The number of carbonyl (C=O) groups excluding carboxylic acids is 1. The van der Waals surface area contributed by atoms with Crippen molar-refractivity contribution in [2.45, 2.75) is 89.8 Å². The van der Waals surface area contributed by atoms with E-state index in [9.17, 15) is 14.3 Å². The van der Waals surface area contributed by atoms with Crippen molar-refractivity contribution in [2.24, 2.45) is 0 Å². The fraction of sp³-hybridized carbons (Fsp3) is 0.536. The van der Waals surface area contributed by atoms with Crippen LogP contribution >= 0.6 is 0 Å². The van der Waals surface area contributed by atoms with Crippen LogP contribution in [0.4, 0.5) is 9.18 Å². The molecule has 2 fully saturated rings. The summed E-state index contributed by atoms with van der Waals surface area (Å²) in [6.45, 7) is 13.7. The van der Waals surface area contributed by atoms with Crippen LogP contribution < -0.4 is 5.46 Å². The molecule has 2 aliphatic heterocycles. The molecular weight excluding hydrogens is 460 g/mol. The molecule has 36 heavy (non-hydrogen) atoms. The summed E-state index contributed by atoms with van der Waals surface area (Å²) in [4.78, 5) is 14.9. The SMILES string of the molecule is C[C@@H](c1ccc(B2OC(C)(C)C(C)(C)O2)cc1)N1CC[C@](CC(C)(C)O)(c2ccccc2F)OC1=O. The molecule has 0 radical (unpaired) electrons. The standard InChI is InChI=1S/C28H37BFNO5/c1-19(20-12-14-21(15-13-20)29-35-26(4,5)27(6,7)36-29)31-17-16-28(34-24(31)32,18-25(2,3)33)22-10-8-9-11-23(22)30/h8-15,19,33H,16-18H2,1-7H3/t19-,28-/m0/s1. The van der Waals surface area contributed by atoms with E-state index < -0.39 is 41.4 Å². The Morgan fingerprint density at radius 2 is 1.64 bits per heavy atom. The molecule has 0 unspecified atom stereocenters. The number of nitrogens with zero attached hydrogens (tertiary/aromatic N) is 1. The van der Waals surface area contributed by atoms with E-state index in [-0.39, 0.29) is 12.5 Å². The lowest BCUT2D eigenvalue weighted by molar-refractivity contribution is -0.102. The van der Waals surface area contributed by atoms with E-state index >= 15 is 0 Å². The van der Waals surface area contributed by atoms with Crippen LogP contribution in [0.25, 0.3) is 0 Å². The number of cyclic esters (lactones) is 1. The highest BCUT2D eigenvalue weighted by Gasteiger charge is 2.52. The molecule has 0 aromatic heterocycles. The highest BCUT2D eigenvalue weighted by Crippen LogP contribution is 2.43. The molecule has 2 atom stereocenters. The Morgan fingerprint density at radius 1 is 1.06 bits per heavy atom. The molecule has 2 aromatic rings. The third kappa shape index (κ3) is 5.04. The van der Waals surface area contributed by atoms with E-state index in [4.69, 9.17) is 14.0 Å². The minimum Gasteiger partial charge on any atom is -0.438 e. The molecule has 6 nitrogen and oxygen atoms in total. The molecule has 4 rings (SSSR count). The van der Waals surface area contributed by atoms with Gasteiger partial charge in [0.15, 0.2) is 0 Å². The van der Waals surface area contributed by atoms with E-state index in [0.29, 0.717) is 18.5 Å². The van der Waals surface area contributed by atoms with Gasteiger partial charge in [-0.25, -0.2) is 9.18 Å². The predicted octanol–water partition coefficient (Wildman–Crippen LogP) is 5.08. The fourth-order valence-corrected chi connectivity index (χ4v) is 5.05. The van der Waals surface area contributed by atoms with Crippen molar-refractivity contribution in [1.29, 1.82) is 0 Å². The van der Waals surface area contributed by atoms with Crippen molar-refractivity contribution < 1.29 is 28.3 Å². The fourth-order valence-electron chi connectivity index (χ4n) is 5.05. The smallest absolute Gasteiger partial charge is 0.438 e. The molecule has 2 aliphatic rings. The van der Waals surface area contributed by atoms with Gasteiger partial charge in [0.1, 0.15) is 11.4 Å². The average Bonchev–Trinajstić information content (AvgIpc) is 2.99. The molecule has 0 bridgehead atoms. The number of hydrogen-bond donors (Lipinski definition) is 1. The Balaban J connectivity index is 1.52. The summed E-state index contributed by atoms with van der Waals surface area (Å²) >= 11 is 0. The van der Waals surface area contributed by atoms with Gasteiger partial charge in [0.25, 0.3) is 0 Å². The Bertz CT molecular complexity index is 1100. The number of aliphatic hydroxyl groups is 1. The maximum absolute atomic E-state index is 14.8. The van der Waals surface area contributed by atoms with Gasteiger partial charge in [0, 0.05) is 24.9 Å². The van der Waals surface area contributed by atoms with Gasteiger partial charge in [0.05, 0.1) is 22.8 Å². The highest BCUT2D eigenvalue weighted by molar-refractivity contribution is 6.62. The van der Waals surface area contributed by atoms with Crippen molar-refractivity contribution in [3.8, 4) is 0 Å². The molecule has 2 saturated heterocycles. The summed E-state index contributed by atoms with van der Waals surface area (Å²) in [6.07, 6.45) is -0.0752. The summed E-state index contributed by atoms with van der Waals surface area (Å²) in [5, 5.41) is 10.6. The molecule has 8 heteroatoms. The van der Waals surface area contributed by atoms with Crippen LogP contribution in [0.15, 0.2) is 48.5 Å². The van der Waals surface area contributed by atoms with Gasteiger partial charge in [-0.05, 0) is 65.6 Å². The topological polar surface area (TPSA) is 68.2 Å². The van der Waals surface area contributed by atoms with Crippen LogP contribution in [0.5, 0.6) is 0 Å². The minimum absolute atomic E-state index is 0.0949. The van der Waals surface area contributed by atoms with Crippen LogP contribution in [0.1, 0.15) is 78.5 Å². The number of benzene rings is 2. The largest absolute Gasteiger partial charge is 0.494 e. The maximum Gasteiger partial charge on any atom is 0.494 e. The van der Waals surface area contributed by atoms with Crippen molar-refractivity contribution in [1.82, 2.24) is 4.90 Å². The summed E-state index contributed by atoms with van der Waals surface area (Å²) in [5.41, 5.74) is -1.09. The van der Waals surface area contributed by atoms with E-state index in [1.165, 1.54) is 6.07 Å². The Morgan fingerprint density at radius 3 is 2.17 bits per heavy atom. The monoisotopic (exact) mass is 497 g/mol. The first kappa shape index (κ1) is 26.6. The van der Waals surface area contributed by atoms with Crippen molar-refractivity contribution >= 4 is 18.7 Å². The molecule has 1 amide bonds. The first-order valence-corrected chi connectivity index (χ1v) is 12.6. The van der Waals surface area contributed by atoms with Gasteiger partial charge < -0.3 is 24.1 Å². The first-order chi connectivity index (χ1) is 16.6. The second-order valence-electron chi connectivity index (χ2n) is 11.7. The van der Waals surface area contributed by atoms with Gasteiger partial charge in [-0.3, -0.25) is 0 Å². The minimum atomic E-state index is -1.24. The normalized spacial score (nSPS) is 24.5. The average molecular weight is 497 g/mol. The third-order valence-electron chi connectivity index (χ3n) is 7.77. The second-order valence-corrected chi connectivity index (χ2v) is 11.7. The van der Waals surface area contributed by atoms with E-state index in [0.717, 1.165) is 11.0 Å². The zero-order chi connectivity index (χ0) is 26.5. The van der Waals surface area contributed by atoms with E-state index in [1.807, 2.05) is 58.9 Å². The second kappa shape index (κ2) is 9.16. The summed E-state index contributed by atoms with van der Waals surface area (Å²) in [7, 11) is -0.456. The molecule has 2 aromatic carbocycles. The van der Waals surface area contributed by atoms with Crippen molar-refractivity contribution in [3.05, 3.63) is 65.5 Å². The van der Waals surface area contributed by atoms with Crippen molar-refractivity contribution in [3.63, 3.8) is 0 Å². The summed E-state index contributed by atoms with van der Waals surface area (Å²) in [6, 6.07) is 13.9. The molecule has 0 saturated carbocycles. The molecule has 0 spiro atoms. The Kier molecular flexibility index (Phi) is 6.78. The van der Waals surface area contributed by atoms with Crippen LogP contribution in [0.2, 0.25) is 0 Å². The first-order valence-electron chi connectivity index (χ1n) is 12.6. The van der Waals surface area contributed by atoms with Crippen LogP contribution in [0, 0.1) is 5.82 Å². The van der Waals surface area contributed by atoms with Crippen LogP contribution in [-0.2, 0) is 19.6 Å². The zero-order valence-corrected chi connectivity index (χ0v) is 22.3. The number of rotatable bonds is 6. The summed E-state index contributed by atoms with van der Waals surface area (Å²) < 4.78 is 33.0. The van der Waals surface area contributed by atoms with E-state index in [2.05, 4.69) is 0 Å². The molecule has 1 N–H and O–H groups in total. The predicted molar refractivity (Wildman–Crippen MR) is 137 cm³/mol. The Hall–Kier alpha value is -2.42.